The number of nitro benzene ring substituents is 1. The van der Waals surface area contributed by atoms with E-state index >= 15 is 0 Å². The minimum atomic E-state index is -0.706. The molecule has 9 nitrogen and oxygen atoms in total. The Hall–Kier alpha value is -3.27. The van der Waals surface area contributed by atoms with Crippen LogP contribution in [0.2, 0.25) is 0 Å². The van der Waals surface area contributed by atoms with Crippen molar-refractivity contribution in [3.63, 3.8) is 0 Å². The summed E-state index contributed by atoms with van der Waals surface area (Å²) in [5.74, 6) is -1.70. The number of anilines is 2. The summed E-state index contributed by atoms with van der Waals surface area (Å²) in [6.45, 7) is 2.86. The normalized spacial score (nSPS) is 10.2. The van der Waals surface area contributed by atoms with Gasteiger partial charge in [0, 0.05) is 33.9 Å². The maximum Gasteiger partial charge on any atom is 0.306 e. The number of amides is 2. The van der Waals surface area contributed by atoms with Crippen molar-refractivity contribution < 1.29 is 24.0 Å². The van der Waals surface area contributed by atoms with Crippen molar-refractivity contribution in [1.82, 2.24) is 0 Å². The van der Waals surface area contributed by atoms with Gasteiger partial charge in [-0.15, -0.1) is 0 Å². The quantitative estimate of drug-likeness (QED) is 0.337. The molecule has 2 rings (SSSR count). The average Bonchev–Trinajstić information content (AvgIpc) is 2.68. The molecule has 2 N–H and O–H groups in total. The van der Waals surface area contributed by atoms with Gasteiger partial charge in [-0.05, 0) is 43.7 Å². The van der Waals surface area contributed by atoms with Gasteiger partial charge in [-0.25, -0.2) is 0 Å². The lowest BCUT2D eigenvalue weighted by molar-refractivity contribution is -0.385. The van der Waals surface area contributed by atoms with Crippen molar-refractivity contribution >= 4 is 50.8 Å². The fourth-order valence-electron chi connectivity index (χ4n) is 2.49. The summed E-state index contributed by atoms with van der Waals surface area (Å²) in [4.78, 5) is 46.0. The predicted octanol–water partition coefficient (Wildman–Crippen LogP) is 3.87. The maximum atomic E-state index is 12.0. The van der Waals surface area contributed by atoms with Crippen molar-refractivity contribution in [3.05, 3.63) is 62.1 Å². The lowest BCUT2D eigenvalue weighted by Gasteiger charge is -2.09. The molecule has 0 spiro atoms. The summed E-state index contributed by atoms with van der Waals surface area (Å²) in [5, 5.41) is 16.1. The number of nitro groups is 1. The Kier molecular flexibility index (Phi) is 8.05. The smallest absolute Gasteiger partial charge is 0.306 e. The fourth-order valence-corrected chi connectivity index (χ4v) is 2.97. The second kappa shape index (κ2) is 10.5. The molecule has 0 bridgehead atoms. The van der Waals surface area contributed by atoms with Crippen LogP contribution in [0.1, 0.15) is 24.0 Å². The largest absolute Gasteiger partial charge is 0.456 e. The molecule has 10 heteroatoms. The Balaban J connectivity index is 1.76. The number of aryl methyl sites for hydroxylation is 2. The molecule has 0 atom stereocenters. The van der Waals surface area contributed by atoms with Crippen molar-refractivity contribution in [3.8, 4) is 0 Å². The van der Waals surface area contributed by atoms with E-state index in [9.17, 15) is 24.5 Å². The Morgan fingerprint density at radius 1 is 1.00 bits per heavy atom. The SMILES string of the molecule is Cc1cc(Br)ccc1NC(=O)CCC(=O)OCC(=O)Nc1ccc(C)c([N+](=O)[O-])c1. The van der Waals surface area contributed by atoms with Gasteiger partial charge in [-0.1, -0.05) is 22.0 Å². The van der Waals surface area contributed by atoms with Gasteiger partial charge in [-0.2, -0.15) is 0 Å². The first-order valence-electron chi connectivity index (χ1n) is 8.92. The van der Waals surface area contributed by atoms with Crippen LogP contribution in [0.5, 0.6) is 0 Å². The monoisotopic (exact) mass is 477 g/mol. The van der Waals surface area contributed by atoms with E-state index in [1.165, 1.54) is 18.2 Å². The van der Waals surface area contributed by atoms with Crippen LogP contribution in [0.25, 0.3) is 0 Å². The molecule has 0 unspecified atom stereocenters. The van der Waals surface area contributed by atoms with Crippen LogP contribution in [0, 0.1) is 24.0 Å². The summed E-state index contributed by atoms with van der Waals surface area (Å²) < 4.78 is 5.74. The molecule has 30 heavy (non-hydrogen) atoms. The zero-order chi connectivity index (χ0) is 22.3. The van der Waals surface area contributed by atoms with E-state index in [1.54, 1.807) is 19.1 Å². The predicted molar refractivity (Wildman–Crippen MR) is 114 cm³/mol. The Labute approximate surface area is 181 Å². The molecular formula is C20H20BrN3O6. The number of hydrogen-bond donors (Lipinski definition) is 2. The van der Waals surface area contributed by atoms with Gasteiger partial charge in [-0.3, -0.25) is 24.5 Å². The number of rotatable bonds is 8. The molecule has 0 aliphatic carbocycles. The van der Waals surface area contributed by atoms with E-state index in [-0.39, 0.29) is 30.1 Å². The highest BCUT2D eigenvalue weighted by Gasteiger charge is 2.14. The number of hydrogen-bond acceptors (Lipinski definition) is 6. The average molecular weight is 478 g/mol. The van der Waals surface area contributed by atoms with Crippen molar-refractivity contribution in [2.75, 3.05) is 17.2 Å². The van der Waals surface area contributed by atoms with Crippen LogP contribution in [0.4, 0.5) is 17.1 Å². The standard InChI is InChI=1S/C20H20BrN3O6/c1-12-3-5-15(10-17(12)24(28)29)22-19(26)11-30-20(27)8-7-18(25)23-16-6-4-14(21)9-13(16)2/h3-6,9-10H,7-8,11H2,1-2H3,(H,22,26)(H,23,25). The third-order valence-electron chi connectivity index (χ3n) is 4.07. The number of carbonyl (C=O) groups excluding carboxylic acids is 3. The number of halogens is 1. The first kappa shape index (κ1) is 23.0. The van der Waals surface area contributed by atoms with Gasteiger partial charge in [0.25, 0.3) is 11.6 Å². The third-order valence-corrected chi connectivity index (χ3v) is 4.57. The number of nitrogens with zero attached hydrogens (tertiary/aromatic N) is 1. The first-order valence-corrected chi connectivity index (χ1v) is 9.71. The van der Waals surface area contributed by atoms with E-state index in [1.807, 2.05) is 13.0 Å². The van der Waals surface area contributed by atoms with E-state index in [0.29, 0.717) is 11.3 Å². The molecular weight excluding hydrogens is 458 g/mol. The highest BCUT2D eigenvalue weighted by atomic mass is 79.9. The minimum absolute atomic E-state index is 0.0971. The van der Waals surface area contributed by atoms with Crippen molar-refractivity contribution in [2.24, 2.45) is 0 Å². The fraction of sp³-hybridized carbons (Fsp3) is 0.250. The zero-order valence-corrected chi connectivity index (χ0v) is 17.9. The zero-order valence-electron chi connectivity index (χ0n) is 16.4. The molecule has 0 heterocycles. The Morgan fingerprint density at radius 3 is 2.40 bits per heavy atom. The topological polar surface area (TPSA) is 128 Å². The number of ether oxygens (including phenoxy) is 1. The van der Waals surface area contributed by atoms with Crippen LogP contribution in [-0.2, 0) is 19.1 Å². The number of carbonyl (C=O) groups is 3. The van der Waals surface area contributed by atoms with Crippen molar-refractivity contribution in [2.45, 2.75) is 26.7 Å². The summed E-state index contributed by atoms with van der Waals surface area (Å²) in [5.41, 5.74) is 2.06. The second-order valence-corrected chi connectivity index (χ2v) is 7.39. The van der Waals surface area contributed by atoms with E-state index < -0.39 is 23.4 Å². The van der Waals surface area contributed by atoms with Crippen LogP contribution >= 0.6 is 15.9 Å². The van der Waals surface area contributed by atoms with Gasteiger partial charge < -0.3 is 15.4 Å². The van der Waals surface area contributed by atoms with Crippen LogP contribution in [-0.4, -0.2) is 29.3 Å². The minimum Gasteiger partial charge on any atom is -0.456 e. The third kappa shape index (κ3) is 6.96. The van der Waals surface area contributed by atoms with Gasteiger partial charge in [0.2, 0.25) is 5.91 Å². The molecule has 0 saturated heterocycles. The molecule has 0 saturated carbocycles. The lowest BCUT2D eigenvalue weighted by atomic mass is 10.2. The number of esters is 1. The molecule has 158 valence electrons. The Morgan fingerprint density at radius 2 is 1.73 bits per heavy atom. The van der Waals surface area contributed by atoms with E-state index in [2.05, 4.69) is 26.6 Å². The second-order valence-electron chi connectivity index (χ2n) is 6.47. The summed E-state index contributed by atoms with van der Waals surface area (Å²) in [6.07, 6.45) is -0.287. The van der Waals surface area contributed by atoms with Crippen LogP contribution < -0.4 is 10.6 Å². The highest BCUT2D eigenvalue weighted by Crippen LogP contribution is 2.22. The molecule has 2 aromatic carbocycles. The first-order chi connectivity index (χ1) is 14.2. The maximum absolute atomic E-state index is 12.0. The Bertz CT molecular complexity index is 993. The van der Waals surface area contributed by atoms with Gasteiger partial charge >= 0.3 is 5.97 Å². The molecule has 0 aromatic heterocycles. The molecule has 0 fully saturated rings. The van der Waals surface area contributed by atoms with Crippen molar-refractivity contribution in [1.29, 1.82) is 0 Å². The van der Waals surface area contributed by atoms with Crippen LogP contribution in [0.15, 0.2) is 40.9 Å². The van der Waals surface area contributed by atoms with Gasteiger partial charge in [0.05, 0.1) is 11.3 Å². The summed E-state index contributed by atoms with van der Waals surface area (Å²) >= 11 is 3.34. The van der Waals surface area contributed by atoms with Gasteiger partial charge in [0.1, 0.15) is 0 Å². The van der Waals surface area contributed by atoms with Crippen LogP contribution in [0.3, 0.4) is 0 Å². The molecule has 0 aliphatic rings. The molecule has 2 amide bonds. The summed E-state index contributed by atoms with van der Waals surface area (Å²) in [6, 6.07) is 9.63. The molecule has 0 aliphatic heterocycles. The highest BCUT2D eigenvalue weighted by molar-refractivity contribution is 9.10. The molecule has 0 radical (unpaired) electrons. The number of nitrogens with one attached hydrogen (secondary N) is 2. The van der Waals surface area contributed by atoms with E-state index in [0.717, 1.165) is 10.0 Å². The summed E-state index contributed by atoms with van der Waals surface area (Å²) in [7, 11) is 0. The molecule has 2 aromatic rings. The van der Waals surface area contributed by atoms with Gasteiger partial charge in [0.15, 0.2) is 6.61 Å². The lowest BCUT2D eigenvalue weighted by Crippen LogP contribution is -2.22. The number of benzene rings is 2. The van der Waals surface area contributed by atoms with E-state index in [4.69, 9.17) is 4.74 Å².